The van der Waals surface area contributed by atoms with Gasteiger partial charge in [0, 0.05) is 30.8 Å². The molecule has 35 heavy (non-hydrogen) atoms. The fourth-order valence-electron chi connectivity index (χ4n) is 3.30. The zero-order chi connectivity index (χ0) is 26.3. The van der Waals surface area contributed by atoms with Crippen LogP contribution in [0.1, 0.15) is 19.4 Å². The molecule has 0 saturated heterocycles. The molecule has 2 aromatic carbocycles. The maximum absolute atomic E-state index is 14.3. The van der Waals surface area contributed by atoms with Crippen molar-refractivity contribution < 1.29 is 32.1 Å². The Kier molecular flexibility index (Phi) is 9.12. The van der Waals surface area contributed by atoms with Gasteiger partial charge in [-0.3, -0.25) is 24.0 Å². The number of carbonyl (C=O) groups excluding carboxylic acids is 2. The highest BCUT2D eigenvalue weighted by atomic mass is 32.2. The van der Waals surface area contributed by atoms with Crippen LogP contribution in [0.15, 0.2) is 42.5 Å². The lowest BCUT2D eigenvalue weighted by Gasteiger charge is -2.31. The number of nitrogens with one attached hydrogen (secondary N) is 1. The third-order valence-electron chi connectivity index (χ3n) is 5.14. The van der Waals surface area contributed by atoms with Crippen LogP contribution in [-0.4, -0.2) is 62.6 Å². The number of non-ortho nitro benzene ring substituents is 1. The number of nitro benzene ring substituents is 1. The summed E-state index contributed by atoms with van der Waals surface area (Å²) < 4.78 is 45.4. The highest BCUT2D eigenvalue weighted by Gasteiger charge is 2.32. The van der Waals surface area contributed by atoms with Crippen LogP contribution < -0.4 is 14.4 Å². The van der Waals surface area contributed by atoms with Crippen LogP contribution >= 0.6 is 0 Å². The fraction of sp³-hybridized carbons (Fsp3) is 0.364. The number of hydrogen-bond acceptors (Lipinski definition) is 7. The first-order valence-corrected chi connectivity index (χ1v) is 12.4. The number of benzene rings is 2. The van der Waals surface area contributed by atoms with Crippen LogP contribution in [0.5, 0.6) is 5.75 Å². The summed E-state index contributed by atoms with van der Waals surface area (Å²) in [5, 5.41) is 13.8. The number of likely N-dealkylation sites (N-methyl/N-ethyl adjacent to an activating group) is 1. The Morgan fingerprint density at radius 1 is 1.23 bits per heavy atom. The molecular weight excluding hydrogens is 483 g/mol. The SMILES string of the molecule is CCNC(=O)C(C)N(Cc1ccccc1F)C(=O)CN(c1cc([N+](=O)[O-])ccc1OC)S(C)(=O)=O. The van der Waals surface area contributed by atoms with Crippen LogP contribution in [0.25, 0.3) is 0 Å². The first kappa shape index (κ1) is 27.5. The molecule has 0 spiro atoms. The van der Waals surface area contributed by atoms with Gasteiger partial charge in [0.15, 0.2) is 0 Å². The van der Waals surface area contributed by atoms with Gasteiger partial charge in [0.25, 0.3) is 5.69 Å². The van der Waals surface area contributed by atoms with E-state index in [9.17, 15) is 32.5 Å². The first-order chi connectivity index (χ1) is 16.4. The van der Waals surface area contributed by atoms with Crippen LogP contribution in [-0.2, 0) is 26.2 Å². The molecule has 11 nitrogen and oxygen atoms in total. The van der Waals surface area contributed by atoms with Gasteiger partial charge in [0.2, 0.25) is 21.8 Å². The standard InChI is InChI=1S/C22H27FN4O7S/c1-5-24-22(29)15(2)25(13-16-8-6-7-9-18(16)23)21(28)14-26(35(4,32)33)19-12-17(27(30)31)10-11-20(19)34-3/h6-12,15H,5,13-14H2,1-4H3,(H,24,29). The van der Waals surface area contributed by atoms with Crippen molar-refractivity contribution in [2.24, 2.45) is 0 Å². The Hall–Kier alpha value is -3.74. The van der Waals surface area contributed by atoms with Gasteiger partial charge in [-0.1, -0.05) is 18.2 Å². The van der Waals surface area contributed by atoms with E-state index in [0.717, 1.165) is 23.3 Å². The van der Waals surface area contributed by atoms with Crippen molar-refractivity contribution in [3.8, 4) is 5.75 Å². The Morgan fingerprint density at radius 2 is 1.89 bits per heavy atom. The Balaban J connectivity index is 2.53. The molecule has 0 bridgehead atoms. The number of sulfonamides is 1. The summed E-state index contributed by atoms with van der Waals surface area (Å²) in [6.45, 7) is 2.28. The van der Waals surface area contributed by atoms with E-state index in [2.05, 4.69) is 5.32 Å². The molecule has 1 unspecified atom stereocenters. The summed E-state index contributed by atoms with van der Waals surface area (Å²) in [4.78, 5) is 37.5. The molecule has 2 amide bonds. The summed E-state index contributed by atoms with van der Waals surface area (Å²) in [6.07, 6.45) is 0.826. The van der Waals surface area contributed by atoms with E-state index in [0.29, 0.717) is 4.31 Å². The third kappa shape index (κ3) is 6.88. The van der Waals surface area contributed by atoms with Gasteiger partial charge in [-0.15, -0.1) is 0 Å². The zero-order valence-corrected chi connectivity index (χ0v) is 20.5. The number of anilines is 1. The summed E-state index contributed by atoms with van der Waals surface area (Å²) in [7, 11) is -2.91. The van der Waals surface area contributed by atoms with Crippen molar-refractivity contribution in [3.05, 3.63) is 64.0 Å². The average Bonchev–Trinajstić information content (AvgIpc) is 2.80. The van der Waals surface area contributed by atoms with Gasteiger partial charge in [-0.05, 0) is 26.0 Å². The first-order valence-electron chi connectivity index (χ1n) is 10.5. The van der Waals surface area contributed by atoms with Gasteiger partial charge < -0.3 is 15.0 Å². The van der Waals surface area contributed by atoms with Crippen molar-refractivity contribution >= 4 is 33.2 Å². The van der Waals surface area contributed by atoms with Crippen LogP contribution in [0.3, 0.4) is 0 Å². The van der Waals surface area contributed by atoms with E-state index in [4.69, 9.17) is 4.74 Å². The molecular formula is C22H27FN4O7S. The maximum atomic E-state index is 14.3. The molecule has 0 heterocycles. The summed E-state index contributed by atoms with van der Waals surface area (Å²) in [5.74, 6) is -1.97. The molecule has 2 aromatic rings. The molecule has 0 aromatic heterocycles. The van der Waals surface area contributed by atoms with Gasteiger partial charge in [-0.2, -0.15) is 0 Å². The lowest BCUT2D eigenvalue weighted by Crippen LogP contribution is -2.51. The van der Waals surface area contributed by atoms with Gasteiger partial charge in [0.1, 0.15) is 29.8 Å². The smallest absolute Gasteiger partial charge is 0.271 e. The van der Waals surface area contributed by atoms with E-state index in [-0.39, 0.29) is 30.1 Å². The minimum atomic E-state index is -4.15. The molecule has 13 heteroatoms. The molecule has 0 fully saturated rings. The number of carbonyl (C=O) groups is 2. The second kappa shape index (κ2) is 11.6. The number of nitro groups is 1. The summed E-state index contributed by atoms with van der Waals surface area (Å²) in [5.41, 5.74) is -0.523. The fourth-order valence-corrected chi connectivity index (χ4v) is 4.14. The Labute approximate surface area is 202 Å². The number of hydrogen-bond donors (Lipinski definition) is 1. The van der Waals surface area contributed by atoms with Crippen molar-refractivity contribution in [2.45, 2.75) is 26.4 Å². The summed E-state index contributed by atoms with van der Waals surface area (Å²) >= 11 is 0. The van der Waals surface area contributed by atoms with Gasteiger partial charge >= 0.3 is 0 Å². The molecule has 0 aliphatic rings. The predicted molar refractivity (Wildman–Crippen MR) is 127 cm³/mol. The Bertz CT molecular complexity index is 1210. The van der Waals surface area contributed by atoms with Crippen molar-refractivity contribution in [2.75, 3.05) is 30.8 Å². The van der Waals surface area contributed by atoms with E-state index < -0.39 is 50.9 Å². The van der Waals surface area contributed by atoms with Gasteiger partial charge in [-0.25, -0.2) is 12.8 Å². The molecule has 190 valence electrons. The second-order valence-corrected chi connectivity index (χ2v) is 9.47. The number of nitrogens with zero attached hydrogens (tertiary/aromatic N) is 3. The number of amides is 2. The second-order valence-electron chi connectivity index (χ2n) is 7.57. The monoisotopic (exact) mass is 510 g/mol. The van der Waals surface area contributed by atoms with Crippen LogP contribution in [0, 0.1) is 15.9 Å². The number of ether oxygens (including phenoxy) is 1. The van der Waals surface area contributed by atoms with Crippen molar-refractivity contribution in [1.82, 2.24) is 10.2 Å². The van der Waals surface area contributed by atoms with E-state index in [1.807, 2.05) is 0 Å². The Morgan fingerprint density at radius 3 is 2.43 bits per heavy atom. The largest absolute Gasteiger partial charge is 0.495 e. The third-order valence-corrected chi connectivity index (χ3v) is 6.26. The van der Waals surface area contributed by atoms with Crippen molar-refractivity contribution in [3.63, 3.8) is 0 Å². The predicted octanol–water partition coefficient (Wildman–Crippen LogP) is 2.06. The van der Waals surface area contributed by atoms with Crippen molar-refractivity contribution in [1.29, 1.82) is 0 Å². The zero-order valence-electron chi connectivity index (χ0n) is 19.7. The van der Waals surface area contributed by atoms with Crippen LogP contribution in [0.2, 0.25) is 0 Å². The molecule has 1 N–H and O–H groups in total. The highest BCUT2D eigenvalue weighted by Crippen LogP contribution is 2.33. The number of rotatable bonds is 11. The lowest BCUT2D eigenvalue weighted by atomic mass is 10.1. The van der Waals surface area contributed by atoms with Gasteiger partial charge in [0.05, 0.1) is 18.3 Å². The normalized spacial score (nSPS) is 11.9. The number of halogens is 1. The maximum Gasteiger partial charge on any atom is 0.271 e. The van der Waals surface area contributed by atoms with E-state index >= 15 is 0 Å². The minimum absolute atomic E-state index is 0.0220. The molecule has 1 atom stereocenters. The quantitative estimate of drug-likeness (QED) is 0.361. The van der Waals surface area contributed by atoms with E-state index in [1.54, 1.807) is 13.0 Å². The minimum Gasteiger partial charge on any atom is -0.495 e. The van der Waals surface area contributed by atoms with Crippen LogP contribution in [0.4, 0.5) is 15.8 Å². The highest BCUT2D eigenvalue weighted by molar-refractivity contribution is 7.92. The lowest BCUT2D eigenvalue weighted by molar-refractivity contribution is -0.384. The molecule has 2 rings (SSSR count). The average molecular weight is 511 g/mol. The topological polar surface area (TPSA) is 139 Å². The summed E-state index contributed by atoms with van der Waals surface area (Å²) in [6, 6.07) is 7.92. The molecule has 0 aliphatic heterocycles. The molecule has 0 saturated carbocycles. The molecule has 0 radical (unpaired) electrons. The number of methoxy groups -OCH3 is 1. The molecule has 0 aliphatic carbocycles. The van der Waals surface area contributed by atoms with E-state index in [1.165, 1.54) is 38.3 Å².